The average Bonchev–Trinajstić information content (AvgIpc) is 3.21. The van der Waals surface area contributed by atoms with Crippen LogP contribution in [0.3, 0.4) is 0 Å². The minimum Gasteiger partial charge on any atom is -0.370 e. The van der Waals surface area contributed by atoms with Crippen molar-refractivity contribution in [2.45, 2.75) is 48.5 Å². The summed E-state index contributed by atoms with van der Waals surface area (Å²) in [6.45, 7) is 3.55. The Hall–Kier alpha value is -3.67. The second kappa shape index (κ2) is 9.57. The van der Waals surface area contributed by atoms with E-state index in [2.05, 4.69) is 15.2 Å². The second-order valence-electron chi connectivity index (χ2n) is 9.45. The number of nitrogens with one attached hydrogen (secondary N) is 1. The van der Waals surface area contributed by atoms with Gasteiger partial charge in [0.15, 0.2) is 0 Å². The maximum Gasteiger partial charge on any atom is 0.501 e. The zero-order valence-corrected chi connectivity index (χ0v) is 21.2. The molecule has 0 saturated carbocycles. The zero-order chi connectivity index (χ0) is 27.2. The second-order valence-corrected chi connectivity index (χ2v) is 11.4. The number of anilines is 2. The summed E-state index contributed by atoms with van der Waals surface area (Å²) in [5.41, 5.74) is -2.96. The fourth-order valence-electron chi connectivity index (χ4n) is 5.17. The Morgan fingerprint density at radius 2 is 1.66 bits per heavy atom. The number of piperidine rings is 1. The van der Waals surface area contributed by atoms with Crippen LogP contribution in [-0.2, 0) is 14.6 Å². The molecule has 1 aromatic heterocycles. The Morgan fingerprint density at radius 1 is 1.00 bits per heavy atom. The number of para-hydroxylation sites is 1. The molecule has 5 rings (SSSR count). The van der Waals surface area contributed by atoms with Crippen molar-refractivity contribution in [2.24, 2.45) is 0 Å². The van der Waals surface area contributed by atoms with Crippen LogP contribution in [0, 0.1) is 0 Å². The fourth-order valence-corrected chi connectivity index (χ4v) is 5.94. The van der Waals surface area contributed by atoms with Crippen molar-refractivity contribution in [3.05, 3.63) is 60.3 Å². The molecule has 2 saturated heterocycles. The predicted molar refractivity (Wildman–Crippen MR) is 136 cm³/mol. The van der Waals surface area contributed by atoms with E-state index in [0.29, 0.717) is 0 Å². The molecule has 2 aliphatic heterocycles. The summed E-state index contributed by atoms with van der Waals surface area (Å²) in [4.78, 5) is 33.1. The standard InChI is InChI=1S/C26H25F3N4O4S/c1-16(22-19-7-3-4-8-20(19)30-15-21(22)32-13-5-2-6-14-32)23-24(34)33(25(35)31-23)17-9-11-18(12-10-17)38(36,37)26(27,28)29/h3-4,7-12,15-16,23H,2,5-6,13-14H2,1H3,(H,31,35). The first-order chi connectivity index (χ1) is 18.0. The van der Waals surface area contributed by atoms with Gasteiger partial charge in [-0.15, -0.1) is 0 Å². The van der Waals surface area contributed by atoms with E-state index in [1.807, 2.05) is 31.2 Å². The molecule has 2 unspecified atom stereocenters. The Balaban J connectivity index is 1.49. The highest BCUT2D eigenvalue weighted by Crippen LogP contribution is 2.38. The lowest BCUT2D eigenvalue weighted by molar-refractivity contribution is -0.118. The third kappa shape index (κ3) is 4.36. The van der Waals surface area contributed by atoms with Crippen LogP contribution in [0.2, 0.25) is 0 Å². The highest BCUT2D eigenvalue weighted by atomic mass is 32.2. The number of hydrogen-bond donors (Lipinski definition) is 1. The van der Waals surface area contributed by atoms with Gasteiger partial charge < -0.3 is 10.2 Å². The van der Waals surface area contributed by atoms with E-state index in [1.54, 1.807) is 6.20 Å². The lowest BCUT2D eigenvalue weighted by Gasteiger charge is -2.33. The van der Waals surface area contributed by atoms with E-state index in [9.17, 15) is 31.2 Å². The summed E-state index contributed by atoms with van der Waals surface area (Å²) >= 11 is 0. The quantitative estimate of drug-likeness (QED) is 0.464. The number of halogens is 3. The van der Waals surface area contributed by atoms with E-state index >= 15 is 0 Å². The van der Waals surface area contributed by atoms with Gasteiger partial charge in [0, 0.05) is 24.4 Å². The number of hydrogen-bond acceptors (Lipinski definition) is 6. The van der Waals surface area contributed by atoms with Gasteiger partial charge >= 0.3 is 11.5 Å². The van der Waals surface area contributed by atoms with Crippen molar-refractivity contribution < 1.29 is 31.2 Å². The van der Waals surface area contributed by atoms with E-state index in [1.165, 1.54) is 0 Å². The molecule has 0 radical (unpaired) electrons. The SMILES string of the molecule is CC(c1c(N2CCCCC2)cnc2ccccc12)C1NC(=O)N(c2ccc(S(=O)(=O)C(F)(F)F)cc2)C1=O. The number of aromatic nitrogens is 1. The summed E-state index contributed by atoms with van der Waals surface area (Å²) < 4.78 is 62.1. The Kier molecular flexibility index (Phi) is 6.54. The number of imide groups is 1. The lowest BCUT2D eigenvalue weighted by Crippen LogP contribution is -2.37. The Morgan fingerprint density at radius 3 is 2.32 bits per heavy atom. The number of nitrogens with zero attached hydrogens (tertiary/aromatic N) is 3. The van der Waals surface area contributed by atoms with E-state index in [0.717, 1.165) is 83.7 Å². The molecule has 3 amide bonds. The first-order valence-electron chi connectivity index (χ1n) is 12.2. The number of carbonyl (C=O) groups excluding carboxylic acids is 2. The molecule has 8 nitrogen and oxygen atoms in total. The molecule has 3 aromatic rings. The Bertz CT molecular complexity index is 1500. The third-order valence-corrected chi connectivity index (χ3v) is 8.63. The molecule has 2 aliphatic rings. The van der Waals surface area contributed by atoms with Crippen molar-refractivity contribution in [3.8, 4) is 0 Å². The first-order valence-corrected chi connectivity index (χ1v) is 13.7. The van der Waals surface area contributed by atoms with Gasteiger partial charge in [0.25, 0.3) is 15.7 Å². The van der Waals surface area contributed by atoms with Gasteiger partial charge in [-0.1, -0.05) is 25.1 Å². The molecule has 0 aliphatic carbocycles. The van der Waals surface area contributed by atoms with Crippen LogP contribution in [-0.4, -0.2) is 50.0 Å². The van der Waals surface area contributed by atoms with Gasteiger partial charge in [0.05, 0.1) is 28.0 Å². The molecule has 1 N–H and O–H groups in total. The molecule has 2 aromatic carbocycles. The van der Waals surface area contributed by atoms with E-state index in [-0.39, 0.29) is 5.69 Å². The normalized spacial score (nSPS) is 19.6. The molecule has 2 fully saturated rings. The summed E-state index contributed by atoms with van der Waals surface area (Å²) in [7, 11) is -5.55. The van der Waals surface area contributed by atoms with Crippen LogP contribution in [0.4, 0.5) is 29.3 Å². The van der Waals surface area contributed by atoms with Crippen molar-refractivity contribution in [1.29, 1.82) is 0 Å². The van der Waals surface area contributed by atoms with Gasteiger partial charge in [-0.2, -0.15) is 13.2 Å². The predicted octanol–water partition coefficient (Wildman–Crippen LogP) is 4.75. The summed E-state index contributed by atoms with van der Waals surface area (Å²) in [6.07, 6.45) is 5.01. The van der Waals surface area contributed by atoms with Crippen LogP contribution < -0.4 is 15.1 Å². The summed E-state index contributed by atoms with van der Waals surface area (Å²) in [5, 5.41) is 3.58. The smallest absolute Gasteiger partial charge is 0.370 e. The van der Waals surface area contributed by atoms with Crippen LogP contribution in [0.1, 0.15) is 37.7 Å². The number of rotatable bonds is 5. The molecule has 2 atom stereocenters. The number of benzene rings is 2. The highest BCUT2D eigenvalue weighted by molar-refractivity contribution is 7.92. The maximum atomic E-state index is 13.5. The molecular weight excluding hydrogens is 521 g/mol. The molecule has 3 heterocycles. The topological polar surface area (TPSA) is 99.7 Å². The molecule has 0 bridgehead atoms. The Labute approximate surface area is 217 Å². The molecule has 0 spiro atoms. The van der Waals surface area contributed by atoms with Crippen molar-refractivity contribution >= 4 is 44.1 Å². The fraction of sp³-hybridized carbons (Fsp3) is 0.346. The lowest BCUT2D eigenvalue weighted by atomic mass is 9.88. The molecule has 12 heteroatoms. The van der Waals surface area contributed by atoms with Gasteiger partial charge in [0.2, 0.25) is 0 Å². The largest absolute Gasteiger partial charge is 0.501 e. The number of sulfone groups is 1. The van der Waals surface area contributed by atoms with Crippen LogP contribution in [0.15, 0.2) is 59.6 Å². The molecule has 38 heavy (non-hydrogen) atoms. The minimum absolute atomic E-state index is 0.0286. The summed E-state index contributed by atoms with van der Waals surface area (Å²) in [5.74, 6) is -1.05. The van der Waals surface area contributed by atoms with Crippen molar-refractivity contribution in [1.82, 2.24) is 10.3 Å². The number of pyridine rings is 1. The van der Waals surface area contributed by atoms with Crippen molar-refractivity contribution in [3.63, 3.8) is 0 Å². The van der Waals surface area contributed by atoms with E-state index < -0.39 is 44.1 Å². The van der Waals surface area contributed by atoms with Gasteiger partial charge in [-0.25, -0.2) is 18.1 Å². The van der Waals surface area contributed by atoms with Crippen molar-refractivity contribution in [2.75, 3.05) is 22.9 Å². The number of alkyl halides is 3. The van der Waals surface area contributed by atoms with Gasteiger partial charge in [0.1, 0.15) is 6.04 Å². The average molecular weight is 547 g/mol. The van der Waals surface area contributed by atoms with Crippen LogP contribution >= 0.6 is 0 Å². The number of amides is 3. The number of urea groups is 1. The van der Waals surface area contributed by atoms with Crippen LogP contribution in [0.5, 0.6) is 0 Å². The van der Waals surface area contributed by atoms with E-state index in [4.69, 9.17) is 0 Å². The van der Waals surface area contributed by atoms with Crippen LogP contribution in [0.25, 0.3) is 10.9 Å². The minimum atomic E-state index is -5.55. The third-order valence-electron chi connectivity index (χ3n) is 7.13. The maximum absolute atomic E-state index is 13.5. The summed E-state index contributed by atoms with van der Waals surface area (Å²) in [6, 6.07) is 9.39. The van der Waals surface area contributed by atoms with Gasteiger partial charge in [-0.3, -0.25) is 9.78 Å². The number of carbonyl (C=O) groups is 2. The highest BCUT2D eigenvalue weighted by Gasteiger charge is 2.47. The number of fused-ring (bicyclic) bond motifs is 1. The molecule has 200 valence electrons. The first kappa shape index (κ1) is 26.0. The van der Waals surface area contributed by atoms with Gasteiger partial charge in [-0.05, 0) is 55.2 Å². The zero-order valence-electron chi connectivity index (χ0n) is 20.4. The molecular formula is C26H25F3N4O4S. The monoisotopic (exact) mass is 546 g/mol.